The summed E-state index contributed by atoms with van der Waals surface area (Å²) in [6, 6.07) is 4.16. The van der Waals surface area contributed by atoms with Gasteiger partial charge >= 0.3 is 0 Å². The van der Waals surface area contributed by atoms with Gasteiger partial charge in [0, 0.05) is 12.6 Å². The Morgan fingerprint density at radius 2 is 2.12 bits per heavy atom. The number of hydrogen-bond donors (Lipinski definition) is 1. The molecule has 0 atom stereocenters. The van der Waals surface area contributed by atoms with Crippen molar-refractivity contribution in [2.24, 2.45) is 0 Å². The smallest absolute Gasteiger partial charge is 0.151 e. The molecule has 90 valence electrons. The van der Waals surface area contributed by atoms with Crippen LogP contribution in [0.2, 0.25) is 5.15 Å². The van der Waals surface area contributed by atoms with Crippen LogP contribution in [0.15, 0.2) is 12.1 Å². The zero-order valence-corrected chi connectivity index (χ0v) is 10.8. The predicted molar refractivity (Wildman–Crippen MR) is 67.9 cm³/mol. The Morgan fingerprint density at radius 1 is 1.38 bits per heavy atom. The molecule has 1 heterocycles. The molecule has 16 heavy (non-hydrogen) atoms. The van der Waals surface area contributed by atoms with Gasteiger partial charge in [-0.2, -0.15) is 0 Å². The molecule has 0 radical (unpaired) electrons. The van der Waals surface area contributed by atoms with Crippen LogP contribution in [0.1, 0.15) is 20.3 Å². The van der Waals surface area contributed by atoms with Crippen molar-refractivity contribution >= 4 is 17.4 Å². The molecule has 0 aliphatic heterocycles. The summed E-state index contributed by atoms with van der Waals surface area (Å²) in [6.07, 6.45) is 1.08. The van der Waals surface area contributed by atoms with E-state index in [1.54, 1.807) is 6.07 Å². The van der Waals surface area contributed by atoms with E-state index in [-0.39, 0.29) is 0 Å². The van der Waals surface area contributed by atoms with Gasteiger partial charge in [0.05, 0.1) is 0 Å². The lowest BCUT2D eigenvalue weighted by atomic mass is 10.3. The predicted octanol–water partition coefficient (Wildman–Crippen LogP) is 2.27. The summed E-state index contributed by atoms with van der Waals surface area (Å²) in [5, 5.41) is 11.3. The Labute approximate surface area is 102 Å². The second-order valence-electron chi connectivity index (χ2n) is 4.10. The maximum atomic E-state index is 5.64. The molecular formula is C11H19ClN4. The SMILES string of the molecule is CC(C)N(C)CCCNc1ccc(Cl)nn1. The zero-order valence-electron chi connectivity index (χ0n) is 10.1. The van der Waals surface area contributed by atoms with Gasteiger partial charge < -0.3 is 10.2 Å². The third-order valence-corrected chi connectivity index (χ3v) is 2.71. The molecule has 0 bridgehead atoms. The molecule has 0 aromatic carbocycles. The molecule has 1 N–H and O–H groups in total. The Hall–Kier alpha value is -0.870. The van der Waals surface area contributed by atoms with E-state index in [1.807, 2.05) is 6.07 Å². The molecule has 5 heteroatoms. The van der Waals surface area contributed by atoms with Crippen molar-refractivity contribution in [3.8, 4) is 0 Å². The van der Waals surface area contributed by atoms with Crippen LogP contribution < -0.4 is 5.32 Å². The normalized spacial score (nSPS) is 11.1. The van der Waals surface area contributed by atoms with Crippen LogP contribution in [0.4, 0.5) is 5.82 Å². The van der Waals surface area contributed by atoms with Crippen molar-refractivity contribution in [3.63, 3.8) is 0 Å². The molecule has 1 aromatic rings. The molecule has 0 unspecified atom stereocenters. The van der Waals surface area contributed by atoms with Crippen molar-refractivity contribution in [1.82, 2.24) is 15.1 Å². The van der Waals surface area contributed by atoms with Crippen LogP contribution in [0.3, 0.4) is 0 Å². The standard InChI is InChI=1S/C11H19ClN4/c1-9(2)16(3)8-4-7-13-11-6-5-10(12)14-15-11/h5-6,9H,4,7-8H2,1-3H3,(H,13,15). The number of nitrogens with one attached hydrogen (secondary N) is 1. The second-order valence-corrected chi connectivity index (χ2v) is 4.48. The number of nitrogens with zero attached hydrogens (tertiary/aromatic N) is 3. The minimum absolute atomic E-state index is 0.421. The van der Waals surface area contributed by atoms with Crippen LogP contribution in [0.25, 0.3) is 0 Å². The minimum Gasteiger partial charge on any atom is -0.369 e. The quantitative estimate of drug-likeness (QED) is 0.777. The van der Waals surface area contributed by atoms with Crippen molar-refractivity contribution in [2.45, 2.75) is 26.3 Å². The van der Waals surface area contributed by atoms with E-state index in [9.17, 15) is 0 Å². The monoisotopic (exact) mass is 242 g/mol. The van der Waals surface area contributed by atoms with Crippen LogP contribution in [-0.4, -0.2) is 41.3 Å². The van der Waals surface area contributed by atoms with E-state index in [4.69, 9.17) is 11.6 Å². The molecule has 1 aromatic heterocycles. The van der Waals surface area contributed by atoms with Gasteiger partial charge in [-0.15, -0.1) is 10.2 Å². The molecule has 0 aliphatic rings. The zero-order chi connectivity index (χ0) is 12.0. The highest BCUT2D eigenvalue weighted by Crippen LogP contribution is 2.05. The fourth-order valence-electron chi connectivity index (χ4n) is 1.21. The lowest BCUT2D eigenvalue weighted by Gasteiger charge is -2.20. The summed E-state index contributed by atoms with van der Waals surface area (Å²) in [6.45, 7) is 6.36. The Balaban J connectivity index is 2.18. The van der Waals surface area contributed by atoms with E-state index in [1.165, 1.54) is 0 Å². The lowest BCUT2D eigenvalue weighted by Crippen LogP contribution is -2.28. The summed E-state index contributed by atoms with van der Waals surface area (Å²) in [7, 11) is 2.13. The number of halogens is 1. The molecule has 0 saturated carbocycles. The third-order valence-electron chi connectivity index (χ3n) is 2.51. The Bertz CT molecular complexity index is 299. The molecule has 0 spiro atoms. The van der Waals surface area contributed by atoms with Crippen LogP contribution in [-0.2, 0) is 0 Å². The first kappa shape index (κ1) is 13.2. The number of anilines is 1. The first-order valence-corrected chi connectivity index (χ1v) is 5.90. The second kappa shape index (κ2) is 6.66. The van der Waals surface area contributed by atoms with Gasteiger partial charge in [0.15, 0.2) is 5.15 Å². The number of hydrogen-bond acceptors (Lipinski definition) is 4. The van der Waals surface area contributed by atoms with Crippen LogP contribution >= 0.6 is 11.6 Å². The van der Waals surface area contributed by atoms with Gasteiger partial charge in [0.25, 0.3) is 0 Å². The van der Waals surface area contributed by atoms with Gasteiger partial charge in [0.1, 0.15) is 5.82 Å². The molecule has 0 saturated heterocycles. The van der Waals surface area contributed by atoms with E-state index in [2.05, 4.69) is 41.3 Å². The van der Waals surface area contributed by atoms with Gasteiger partial charge in [-0.3, -0.25) is 0 Å². The first-order chi connectivity index (χ1) is 7.59. The van der Waals surface area contributed by atoms with Gasteiger partial charge in [-0.05, 0) is 46.0 Å². The average molecular weight is 243 g/mol. The molecule has 4 nitrogen and oxygen atoms in total. The van der Waals surface area contributed by atoms with Crippen molar-refractivity contribution in [1.29, 1.82) is 0 Å². The van der Waals surface area contributed by atoms with E-state index < -0.39 is 0 Å². The summed E-state index contributed by atoms with van der Waals surface area (Å²) in [4.78, 5) is 2.31. The fourth-order valence-corrected chi connectivity index (χ4v) is 1.31. The highest BCUT2D eigenvalue weighted by atomic mass is 35.5. The highest BCUT2D eigenvalue weighted by Gasteiger charge is 2.02. The fraction of sp³-hybridized carbons (Fsp3) is 0.636. The highest BCUT2D eigenvalue weighted by molar-refractivity contribution is 6.29. The maximum absolute atomic E-state index is 5.64. The summed E-state index contributed by atoms with van der Waals surface area (Å²) in [5.74, 6) is 0.775. The van der Waals surface area contributed by atoms with E-state index in [0.717, 1.165) is 25.3 Å². The Morgan fingerprint density at radius 3 is 2.69 bits per heavy atom. The molecule has 0 aliphatic carbocycles. The van der Waals surface area contributed by atoms with Crippen molar-refractivity contribution in [3.05, 3.63) is 17.3 Å². The van der Waals surface area contributed by atoms with Crippen LogP contribution in [0, 0.1) is 0 Å². The summed E-state index contributed by atoms with van der Waals surface area (Å²) in [5.41, 5.74) is 0. The van der Waals surface area contributed by atoms with Crippen LogP contribution in [0.5, 0.6) is 0 Å². The molecular weight excluding hydrogens is 224 g/mol. The Kier molecular flexibility index (Phi) is 5.49. The number of aromatic nitrogens is 2. The van der Waals surface area contributed by atoms with Crippen molar-refractivity contribution in [2.75, 3.05) is 25.5 Å². The molecule has 1 rings (SSSR count). The van der Waals surface area contributed by atoms with Gasteiger partial charge in [0.2, 0.25) is 0 Å². The lowest BCUT2D eigenvalue weighted by molar-refractivity contribution is 0.273. The van der Waals surface area contributed by atoms with E-state index in [0.29, 0.717) is 11.2 Å². The minimum atomic E-state index is 0.421. The van der Waals surface area contributed by atoms with Gasteiger partial charge in [-0.25, -0.2) is 0 Å². The topological polar surface area (TPSA) is 41.0 Å². The van der Waals surface area contributed by atoms with E-state index >= 15 is 0 Å². The largest absolute Gasteiger partial charge is 0.369 e. The maximum Gasteiger partial charge on any atom is 0.151 e. The summed E-state index contributed by atoms with van der Waals surface area (Å²) >= 11 is 5.64. The van der Waals surface area contributed by atoms with Crippen molar-refractivity contribution < 1.29 is 0 Å². The molecule has 0 amide bonds. The average Bonchev–Trinajstić information content (AvgIpc) is 2.26. The summed E-state index contributed by atoms with van der Waals surface area (Å²) < 4.78 is 0. The first-order valence-electron chi connectivity index (χ1n) is 5.53. The third kappa shape index (κ3) is 4.77. The molecule has 0 fully saturated rings. The number of rotatable bonds is 6. The van der Waals surface area contributed by atoms with Gasteiger partial charge in [-0.1, -0.05) is 11.6 Å².